The first kappa shape index (κ1) is 22.7. The number of unbranched alkanes of at least 4 members (excludes halogenated alkanes) is 1. The Morgan fingerprint density at radius 3 is 2.83 bits per heavy atom. The van der Waals surface area contributed by atoms with E-state index in [-0.39, 0.29) is 12.2 Å². The van der Waals surface area contributed by atoms with Crippen LogP contribution in [0.4, 0.5) is 6.01 Å². The highest BCUT2D eigenvalue weighted by Gasteiger charge is 2.19. The summed E-state index contributed by atoms with van der Waals surface area (Å²) >= 11 is 0. The van der Waals surface area contributed by atoms with Crippen molar-refractivity contribution in [3.05, 3.63) is 29.6 Å². The van der Waals surface area contributed by atoms with Crippen molar-refractivity contribution in [2.24, 2.45) is 5.92 Å². The zero-order chi connectivity index (χ0) is 21.1. The number of anilines is 1. The van der Waals surface area contributed by atoms with E-state index in [0.29, 0.717) is 35.5 Å². The van der Waals surface area contributed by atoms with Crippen molar-refractivity contribution in [3.8, 4) is 11.5 Å². The van der Waals surface area contributed by atoms with Gasteiger partial charge >= 0.3 is 6.01 Å². The average Bonchev–Trinajstić information content (AvgIpc) is 3.18. The highest BCUT2D eigenvalue weighted by atomic mass is 16.5. The molecule has 7 nitrogen and oxygen atoms in total. The summed E-state index contributed by atoms with van der Waals surface area (Å²) < 4.78 is 16.3. The molecule has 0 fully saturated rings. The van der Waals surface area contributed by atoms with E-state index in [0.717, 1.165) is 31.7 Å². The number of benzene rings is 1. The number of nitrogens with zero attached hydrogens (tertiary/aromatic N) is 2. The first-order valence-corrected chi connectivity index (χ1v) is 10.5. The molecular formula is C22H33N3O4. The van der Waals surface area contributed by atoms with Crippen LogP contribution in [0, 0.1) is 5.92 Å². The Kier molecular flexibility index (Phi) is 9.47. The van der Waals surface area contributed by atoms with Crippen LogP contribution in [0.3, 0.4) is 0 Å². The molecule has 29 heavy (non-hydrogen) atoms. The van der Waals surface area contributed by atoms with Crippen molar-refractivity contribution < 1.29 is 18.8 Å². The highest BCUT2D eigenvalue weighted by Crippen LogP contribution is 2.32. The van der Waals surface area contributed by atoms with E-state index in [9.17, 15) is 4.79 Å². The smallest absolute Gasteiger partial charge is 0.321 e. The number of ketones is 1. The molecule has 0 bridgehead atoms. The monoisotopic (exact) mass is 403 g/mol. The van der Waals surface area contributed by atoms with Gasteiger partial charge in [-0.1, -0.05) is 51.3 Å². The van der Waals surface area contributed by atoms with Gasteiger partial charge in [0.1, 0.15) is 0 Å². The van der Waals surface area contributed by atoms with Crippen molar-refractivity contribution in [3.63, 3.8) is 0 Å². The molecule has 1 aromatic carbocycles. The summed E-state index contributed by atoms with van der Waals surface area (Å²) in [5, 5.41) is 7.04. The fourth-order valence-corrected chi connectivity index (χ4v) is 2.93. The van der Waals surface area contributed by atoms with Crippen molar-refractivity contribution >= 4 is 11.8 Å². The molecule has 0 radical (unpaired) electrons. The van der Waals surface area contributed by atoms with Crippen molar-refractivity contribution in [2.75, 3.05) is 25.6 Å². The Balaban J connectivity index is 1.90. The fourth-order valence-electron chi connectivity index (χ4n) is 2.93. The minimum atomic E-state index is -0.148. The van der Waals surface area contributed by atoms with Crippen molar-refractivity contribution in [1.29, 1.82) is 0 Å². The van der Waals surface area contributed by atoms with Gasteiger partial charge in [0.2, 0.25) is 0 Å². The Morgan fingerprint density at radius 1 is 1.28 bits per heavy atom. The molecule has 2 aromatic rings. The fraction of sp³-hybridized carbons (Fsp3) is 0.591. The van der Waals surface area contributed by atoms with Gasteiger partial charge in [0.15, 0.2) is 23.1 Å². The maximum absolute atomic E-state index is 12.7. The van der Waals surface area contributed by atoms with Crippen LogP contribution in [0.1, 0.15) is 69.1 Å². The van der Waals surface area contributed by atoms with Crippen LogP contribution in [-0.2, 0) is 6.42 Å². The molecule has 1 aromatic heterocycles. The standard InChI is InChI=1S/C22H33N3O4/c1-5-14-28-19-12-9-11-17(21(19)27-4)18(26)15-20-24-22(29-25-20)23-13-8-7-10-16(3)6-2/h9,11-12,16H,5-8,10,13-15H2,1-4H3,(H,23,24,25). The lowest BCUT2D eigenvalue weighted by atomic mass is 10.0. The minimum Gasteiger partial charge on any atom is -0.492 e. The number of hydrogen-bond acceptors (Lipinski definition) is 7. The highest BCUT2D eigenvalue weighted by molar-refractivity contribution is 6.00. The van der Waals surface area contributed by atoms with E-state index in [1.165, 1.54) is 20.0 Å². The normalized spacial score (nSPS) is 11.9. The third-order valence-corrected chi connectivity index (χ3v) is 4.83. The second-order valence-corrected chi connectivity index (χ2v) is 7.24. The SMILES string of the molecule is CCCOc1cccc(C(=O)Cc2noc(NCCCCC(C)CC)n2)c1OC. The molecule has 7 heteroatoms. The number of nitrogens with one attached hydrogen (secondary N) is 1. The third-order valence-electron chi connectivity index (χ3n) is 4.83. The number of Topliss-reactive ketones (excluding diaryl/α,β-unsaturated/α-hetero) is 1. The molecule has 1 unspecified atom stereocenters. The molecule has 0 spiro atoms. The molecule has 0 aliphatic carbocycles. The quantitative estimate of drug-likeness (QED) is 0.354. The predicted octanol–water partition coefficient (Wildman–Crippen LogP) is 4.92. The average molecular weight is 404 g/mol. The third kappa shape index (κ3) is 7.07. The number of aromatic nitrogens is 2. The van der Waals surface area contributed by atoms with E-state index < -0.39 is 0 Å². The topological polar surface area (TPSA) is 86.5 Å². The Bertz CT molecular complexity index is 760. The number of carbonyl (C=O) groups excluding carboxylic acids is 1. The second-order valence-electron chi connectivity index (χ2n) is 7.24. The number of ether oxygens (including phenoxy) is 2. The van der Waals surface area contributed by atoms with Gasteiger partial charge < -0.3 is 19.3 Å². The van der Waals surface area contributed by atoms with E-state index in [2.05, 4.69) is 29.3 Å². The first-order valence-electron chi connectivity index (χ1n) is 10.5. The zero-order valence-corrected chi connectivity index (χ0v) is 18.0. The number of rotatable bonds is 14. The molecule has 0 saturated carbocycles. The van der Waals surface area contributed by atoms with Crippen molar-refractivity contribution in [1.82, 2.24) is 10.1 Å². The molecule has 0 aliphatic heterocycles. The summed E-state index contributed by atoms with van der Waals surface area (Å²) in [5.74, 6) is 1.96. The Hall–Kier alpha value is -2.57. The summed E-state index contributed by atoms with van der Waals surface area (Å²) in [6, 6.07) is 5.64. The molecule has 1 atom stereocenters. The molecule has 0 amide bonds. The minimum absolute atomic E-state index is 0.0345. The van der Waals surface area contributed by atoms with Crippen LogP contribution < -0.4 is 14.8 Å². The number of para-hydroxylation sites is 1. The van der Waals surface area contributed by atoms with E-state index in [4.69, 9.17) is 14.0 Å². The second kappa shape index (κ2) is 12.1. The molecule has 2 rings (SSSR count). The van der Waals surface area contributed by atoms with E-state index in [1.54, 1.807) is 18.2 Å². The molecule has 1 N–H and O–H groups in total. The van der Waals surface area contributed by atoms with Crippen molar-refractivity contribution in [2.45, 2.75) is 59.3 Å². The van der Waals surface area contributed by atoms with Crippen LogP contribution in [0.15, 0.2) is 22.7 Å². The molecule has 1 heterocycles. The van der Waals surface area contributed by atoms with Gasteiger partial charge in [-0.05, 0) is 30.9 Å². The molecule has 160 valence electrons. The van der Waals surface area contributed by atoms with Crippen LogP contribution in [0.2, 0.25) is 0 Å². The maximum Gasteiger partial charge on any atom is 0.321 e. The number of carbonyl (C=O) groups is 1. The lowest BCUT2D eigenvalue weighted by molar-refractivity contribution is 0.0986. The van der Waals surface area contributed by atoms with Gasteiger partial charge in [0.25, 0.3) is 0 Å². The van der Waals surface area contributed by atoms with Crippen LogP contribution in [0.5, 0.6) is 11.5 Å². The van der Waals surface area contributed by atoms with Crippen LogP contribution in [-0.4, -0.2) is 36.2 Å². The summed E-state index contributed by atoms with van der Waals surface area (Å²) in [6.45, 7) is 7.85. The number of hydrogen-bond donors (Lipinski definition) is 1. The van der Waals surface area contributed by atoms with Crippen LogP contribution in [0.25, 0.3) is 0 Å². The lowest BCUT2D eigenvalue weighted by Crippen LogP contribution is -2.09. The van der Waals surface area contributed by atoms with Gasteiger partial charge in [-0.3, -0.25) is 4.79 Å². The summed E-state index contributed by atoms with van der Waals surface area (Å²) in [7, 11) is 1.53. The van der Waals surface area contributed by atoms with E-state index >= 15 is 0 Å². The Morgan fingerprint density at radius 2 is 2.10 bits per heavy atom. The number of methoxy groups -OCH3 is 1. The largest absolute Gasteiger partial charge is 0.492 e. The van der Waals surface area contributed by atoms with Gasteiger partial charge in [-0.2, -0.15) is 4.98 Å². The van der Waals surface area contributed by atoms with Gasteiger partial charge in [0.05, 0.1) is 25.7 Å². The zero-order valence-electron chi connectivity index (χ0n) is 18.0. The van der Waals surface area contributed by atoms with E-state index in [1.807, 2.05) is 6.92 Å². The van der Waals surface area contributed by atoms with Gasteiger partial charge in [-0.15, -0.1) is 0 Å². The first-order chi connectivity index (χ1) is 14.1. The summed E-state index contributed by atoms with van der Waals surface area (Å²) in [6.07, 6.45) is 5.56. The predicted molar refractivity (Wildman–Crippen MR) is 113 cm³/mol. The molecule has 0 aliphatic rings. The summed E-state index contributed by atoms with van der Waals surface area (Å²) in [4.78, 5) is 17.0. The maximum atomic E-state index is 12.7. The summed E-state index contributed by atoms with van der Waals surface area (Å²) in [5.41, 5.74) is 0.449. The molecule has 0 saturated heterocycles. The van der Waals surface area contributed by atoms with Crippen LogP contribution >= 0.6 is 0 Å². The Labute approximate surface area is 173 Å². The molecular weight excluding hydrogens is 370 g/mol. The van der Waals surface area contributed by atoms with Gasteiger partial charge in [0, 0.05) is 6.54 Å². The van der Waals surface area contributed by atoms with Gasteiger partial charge in [-0.25, -0.2) is 0 Å². The lowest BCUT2D eigenvalue weighted by Gasteiger charge is -2.13.